The number of hydrogen-bond acceptors (Lipinski definition) is 4. The van der Waals surface area contributed by atoms with Gasteiger partial charge < -0.3 is 5.32 Å². The molecule has 0 aliphatic heterocycles. The van der Waals surface area contributed by atoms with Crippen molar-refractivity contribution in [2.45, 2.75) is 32.7 Å². The fourth-order valence-corrected chi connectivity index (χ4v) is 1.68. The van der Waals surface area contributed by atoms with E-state index in [1.54, 1.807) is 18.2 Å². The number of nitrogens with one attached hydrogen (secondary N) is 2. The maximum absolute atomic E-state index is 10.8. The van der Waals surface area contributed by atoms with Crippen molar-refractivity contribution in [2.24, 2.45) is 5.10 Å². The summed E-state index contributed by atoms with van der Waals surface area (Å²) in [6.45, 7) is 6.09. The predicted octanol–water partition coefficient (Wildman–Crippen LogP) is 2.58. The van der Waals surface area contributed by atoms with Crippen LogP contribution in [0.5, 0.6) is 0 Å². The Hall–Kier alpha value is -2.02. The number of nitro groups is 1. The molecule has 0 atom stereocenters. The number of rotatable bonds is 5. The van der Waals surface area contributed by atoms with E-state index in [1.165, 1.54) is 12.3 Å². The standard InChI is InChI=1S/C13H18N4O2S/c1-4-13(2,3)15-12(20)16-14-9-10-7-5-6-8-11(10)17(18)19/h5-9H,4H2,1-3H3,(H2,15,16,20)/b14-9+. The van der Waals surface area contributed by atoms with Crippen molar-refractivity contribution in [3.63, 3.8) is 0 Å². The van der Waals surface area contributed by atoms with Crippen molar-refractivity contribution in [3.05, 3.63) is 39.9 Å². The summed E-state index contributed by atoms with van der Waals surface area (Å²) in [5, 5.41) is 18.2. The fourth-order valence-electron chi connectivity index (χ4n) is 1.35. The Morgan fingerprint density at radius 1 is 1.50 bits per heavy atom. The number of hydrazone groups is 1. The molecule has 1 rings (SSSR count). The van der Waals surface area contributed by atoms with Gasteiger partial charge in [0.15, 0.2) is 5.11 Å². The van der Waals surface area contributed by atoms with Crippen LogP contribution in [0.3, 0.4) is 0 Å². The van der Waals surface area contributed by atoms with E-state index in [1.807, 2.05) is 20.8 Å². The van der Waals surface area contributed by atoms with Crippen LogP contribution < -0.4 is 10.7 Å². The molecular weight excluding hydrogens is 276 g/mol. The molecule has 0 aliphatic rings. The predicted molar refractivity (Wildman–Crippen MR) is 83.9 cm³/mol. The number of nitro benzene ring substituents is 1. The van der Waals surface area contributed by atoms with Gasteiger partial charge in [-0.2, -0.15) is 5.10 Å². The molecule has 6 nitrogen and oxygen atoms in total. The summed E-state index contributed by atoms with van der Waals surface area (Å²) in [6.07, 6.45) is 2.29. The van der Waals surface area contributed by atoms with Crippen molar-refractivity contribution in [3.8, 4) is 0 Å². The molecular formula is C13H18N4O2S. The molecule has 108 valence electrons. The van der Waals surface area contributed by atoms with E-state index in [2.05, 4.69) is 15.8 Å². The highest BCUT2D eigenvalue weighted by Crippen LogP contribution is 2.15. The summed E-state index contributed by atoms with van der Waals surface area (Å²) in [6, 6.07) is 6.37. The van der Waals surface area contributed by atoms with Crippen LogP contribution in [0.1, 0.15) is 32.8 Å². The summed E-state index contributed by atoms with van der Waals surface area (Å²) >= 11 is 5.10. The smallest absolute Gasteiger partial charge is 0.278 e. The molecule has 2 N–H and O–H groups in total. The zero-order chi connectivity index (χ0) is 15.2. The van der Waals surface area contributed by atoms with Crippen LogP contribution in [-0.2, 0) is 0 Å². The third-order valence-electron chi connectivity index (χ3n) is 2.84. The van der Waals surface area contributed by atoms with E-state index in [4.69, 9.17) is 12.2 Å². The Balaban J connectivity index is 2.66. The summed E-state index contributed by atoms with van der Waals surface area (Å²) in [5.41, 5.74) is 2.95. The lowest BCUT2D eigenvalue weighted by Crippen LogP contribution is -2.46. The lowest BCUT2D eigenvalue weighted by Gasteiger charge is -2.25. The Morgan fingerprint density at radius 3 is 2.75 bits per heavy atom. The van der Waals surface area contributed by atoms with Crippen LogP contribution in [0.25, 0.3) is 0 Å². The SMILES string of the molecule is CCC(C)(C)NC(=S)N/N=C/c1ccccc1[N+](=O)[O-]. The zero-order valence-corrected chi connectivity index (χ0v) is 12.5. The minimum atomic E-state index is -0.446. The van der Waals surface area contributed by atoms with Crippen molar-refractivity contribution in [1.82, 2.24) is 10.7 Å². The Morgan fingerprint density at radius 2 is 2.15 bits per heavy atom. The Labute approximate surface area is 123 Å². The van der Waals surface area contributed by atoms with Crippen molar-refractivity contribution in [2.75, 3.05) is 0 Å². The van der Waals surface area contributed by atoms with Crippen LogP contribution >= 0.6 is 12.2 Å². The maximum atomic E-state index is 10.8. The van der Waals surface area contributed by atoms with E-state index >= 15 is 0 Å². The quantitative estimate of drug-likeness (QED) is 0.377. The normalized spacial score (nSPS) is 11.3. The van der Waals surface area contributed by atoms with E-state index in [9.17, 15) is 10.1 Å². The first kappa shape index (κ1) is 16.0. The van der Waals surface area contributed by atoms with Crippen LogP contribution in [0, 0.1) is 10.1 Å². The molecule has 0 bridgehead atoms. The van der Waals surface area contributed by atoms with Gasteiger partial charge in [0.1, 0.15) is 0 Å². The van der Waals surface area contributed by atoms with E-state index < -0.39 is 4.92 Å². The molecule has 0 heterocycles. The highest BCUT2D eigenvalue weighted by molar-refractivity contribution is 7.80. The van der Waals surface area contributed by atoms with Gasteiger partial charge in [0.2, 0.25) is 0 Å². The van der Waals surface area contributed by atoms with Gasteiger partial charge in [-0.05, 0) is 38.6 Å². The number of nitrogens with zero attached hydrogens (tertiary/aromatic N) is 2. The van der Waals surface area contributed by atoms with E-state index in [-0.39, 0.29) is 11.2 Å². The summed E-state index contributed by atoms with van der Waals surface area (Å²) < 4.78 is 0. The second-order valence-corrected chi connectivity index (χ2v) is 5.29. The first-order valence-corrected chi connectivity index (χ1v) is 6.61. The lowest BCUT2D eigenvalue weighted by molar-refractivity contribution is -0.385. The largest absolute Gasteiger partial charge is 0.356 e. The van der Waals surface area contributed by atoms with E-state index in [0.717, 1.165) is 6.42 Å². The van der Waals surface area contributed by atoms with Gasteiger partial charge in [0.25, 0.3) is 5.69 Å². The third-order valence-corrected chi connectivity index (χ3v) is 3.03. The lowest BCUT2D eigenvalue weighted by atomic mass is 10.0. The zero-order valence-electron chi connectivity index (χ0n) is 11.7. The van der Waals surface area contributed by atoms with Crippen molar-refractivity contribution < 1.29 is 4.92 Å². The highest BCUT2D eigenvalue weighted by atomic mass is 32.1. The van der Waals surface area contributed by atoms with Gasteiger partial charge in [0, 0.05) is 11.6 Å². The van der Waals surface area contributed by atoms with Gasteiger partial charge in [-0.1, -0.05) is 19.1 Å². The molecule has 0 saturated heterocycles. The number of hydrogen-bond donors (Lipinski definition) is 2. The van der Waals surface area contributed by atoms with Gasteiger partial charge in [-0.15, -0.1) is 0 Å². The molecule has 7 heteroatoms. The molecule has 0 amide bonds. The summed E-state index contributed by atoms with van der Waals surface area (Å²) in [4.78, 5) is 10.4. The molecule has 0 radical (unpaired) electrons. The molecule has 20 heavy (non-hydrogen) atoms. The second kappa shape index (κ2) is 6.95. The van der Waals surface area contributed by atoms with Crippen LogP contribution in [0.4, 0.5) is 5.69 Å². The van der Waals surface area contributed by atoms with Gasteiger partial charge in [-0.3, -0.25) is 15.5 Å². The highest BCUT2D eigenvalue weighted by Gasteiger charge is 2.15. The number of thiocarbonyl (C=S) groups is 1. The second-order valence-electron chi connectivity index (χ2n) is 4.88. The van der Waals surface area contributed by atoms with Gasteiger partial charge in [-0.25, -0.2) is 0 Å². The molecule has 0 saturated carbocycles. The first-order chi connectivity index (χ1) is 9.35. The summed E-state index contributed by atoms with van der Waals surface area (Å²) in [7, 11) is 0. The molecule has 1 aromatic rings. The van der Waals surface area contributed by atoms with Crippen molar-refractivity contribution in [1.29, 1.82) is 0 Å². The topological polar surface area (TPSA) is 79.6 Å². The first-order valence-electron chi connectivity index (χ1n) is 6.20. The number of benzene rings is 1. The molecule has 0 aromatic heterocycles. The Bertz CT molecular complexity index is 529. The van der Waals surface area contributed by atoms with Crippen LogP contribution in [0.2, 0.25) is 0 Å². The van der Waals surface area contributed by atoms with Gasteiger partial charge in [0.05, 0.1) is 16.7 Å². The summed E-state index contributed by atoms with van der Waals surface area (Å²) in [5.74, 6) is 0. The average Bonchev–Trinajstić information content (AvgIpc) is 2.38. The fraction of sp³-hybridized carbons (Fsp3) is 0.385. The van der Waals surface area contributed by atoms with Crippen LogP contribution in [-0.4, -0.2) is 21.8 Å². The minimum absolute atomic E-state index is 0.00538. The van der Waals surface area contributed by atoms with Gasteiger partial charge >= 0.3 is 0 Å². The minimum Gasteiger partial charge on any atom is -0.356 e. The maximum Gasteiger partial charge on any atom is 0.278 e. The molecule has 0 aliphatic carbocycles. The molecule has 0 fully saturated rings. The van der Waals surface area contributed by atoms with Crippen LogP contribution in [0.15, 0.2) is 29.4 Å². The molecule has 1 aromatic carbocycles. The molecule has 0 spiro atoms. The average molecular weight is 294 g/mol. The number of para-hydroxylation sites is 1. The van der Waals surface area contributed by atoms with Crippen molar-refractivity contribution >= 4 is 29.2 Å². The molecule has 0 unspecified atom stereocenters. The van der Waals surface area contributed by atoms with E-state index in [0.29, 0.717) is 10.7 Å². The third kappa shape index (κ3) is 4.93. The monoisotopic (exact) mass is 294 g/mol. The Kier molecular flexibility index (Phi) is 5.57.